The summed E-state index contributed by atoms with van der Waals surface area (Å²) < 4.78 is 5.95. The van der Waals surface area contributed by atoms with Crippen LogP contribution in [-0.4, -0.2) is 35.3 Å². The van der Waals surface area contributed by atoms with Crippen molar-refractivity contribution in [1.29, 1.82) is 0 Å². The van der Waals surface area contributed by atoms with Crippen molar-refractivity contribution in [2.24, 2.45) is 0 Å². The first-order valence-corrected chi connectivity index (χ1v) is 5.85. The highest BCUT2D eigenvalue weighted by molar-refractivity contribution is 9.10. The van der Waals surface area contributed by atoms with Gasteiger partial charge in [-0.1, -0.05) is 12.1 Å². The number of β-amino-alcohol motifs (C(OH)–C–C–N with tert-alkyl or cyclic N) is 1. The van der Waals surface area contributed by atoms with E-state index < -0.39 is 12.2 Å². The van der Waals surface area contributed by atoms with Crippen molar-refractivity contribution in [1.82, 2.24) is 4.90 Å². The van der Waals surface area contributed by atoms with E-state index in [-0.39, 0.29) is 0 Å². The third kappa shape index (κ3) is 2.54. The summed E-state index contributed by atoms with van der Waals surface area (Å²) in [5.74, 6) is 0.494. The Hall–Kier alpha value is -1.07. The van der Waals surface area contributed by atoms with E-state index in [1.807, 2.05) is 6.07 Å². The molecule has 1 fully saturated rings. The summed E-state index contributed by atoms with van der Waals surface area (Å²) in [7, 11) is 0. The van der Waals surface area contributed by atoms with Crippen LogP contribution in [0.1, 0.15) is 6.42 Å². The van der Waals surface area contributed by atoms with E-state index in [1.54, 1.807) is 18.2 Å². The van der Waals surface area contributed by atoms with Crippen LogP contribution in [0.4, 0.5) is 4.79 Å². The van der Waals surface area contributed by atoms with Crippen LogP contribution in [0.5, 0.6) is 5.75 Å². The number of carbonyl (C=O) groups is 1. The molecule has 1 amide bonds. The summed E-state index contributed by atoms with van der Waals surface area (Å²) in [4.78, 5) is 13.2. The lowest BCUT2D eigenvalue weighted by Crippen LogP contribution is -2.32. The van der Waals surface area contributed by atoms with Gasteiger partial charge in [-0.15, -0.1) is 0 Å². The SMILES string of the molecule is O=C(Oc1ccccc1Br)N1CCC(O)C1. The summed E-state index contributed by atoms with van der Waals surface area (Å²) in [6.45, 7) is 0.897. The highest BCUT2D eigenvalue weighted by Crippen LogP contribution is 2.24. The van der Waals surface area contributed by atoms with Crippen LogP contribution in [0.3, 0.4) is 0 Å². The van der Waals surface area contributed by atoms with Crippen molar-refractivity contribution < 1.29 is 14.6 Å². The van der Waals surface area contributed by atoms with E-state index in [0.717, 1.165) is 4.47 Å². The monoisotopic (exact) mass is 285 g/mol. The normalized spacial score (nSPS) is 19.9. The van der Waals surface area contributed by atoms with Crippen molar-refractivity contribution in [3.05, 3.63) is 28.7 Å². The molecule has 0 aliphatic carbocycles. The molecule has 86 valence electrons. The summed E-state index contributed by atoms with van der Waals surface area (Å²) in [5, 5.41) is 9.31. The van der Waals surface area contributed by atoms with Gasteiger partial charge in [0.15, 0.2) is 0 Å². The molecule has 1 N–H and O–H groups in total. The van der Waals surface area contributed by atoms with E-state index in [2.05, 4.69) is 15.9 Å². The van der Waals surface area contributed by atoms with Gasteiger partial charge in [-0.3, -0.25) is 0 Å². The first-order chi connectivity index (χ1) is 7.66. The molecule has 0 spiro atoms. The fraction of sp³-hybridized carbons (Fsp3) is 0.364. The Morgan fingerprint density at radius 2 is 2.25 bits per heavy atom. The molecule has 1 saturated heterocycles. The first-order valence-electron chi connectivity index (χ1n) is 5.06. The van der Waals surface area contributed by atoms with Crippen molar-refractivity contribution >= 4 is 22.0 Å². The summed E-state index contributed by atoms with van der Waals surface area (Å²) in [6, 6.07) is 7.17. The molecule has 0 aromatic heterocycles. The number of amides is 1. The summed E-state index contributed by atoms with van der Waals surface area (Å²) in [5.41, 5.74) is 0. The van der Waals surface area contributed by atoms with Crippen molar-refractivity contribution in [3.8, 4) is 5.75 Å². The van der Waals surface area contributed by atoms with Gasteiger partial charge in [0.05, 0.1) is 10.6 Å². The van der Waals surface area contributed by atoms with E-state index in [1.165, 1.54) is 4.90 Å². The molecule has 1 unspecified atom stereocenters. The number of likely N-dealkylation sites (tertiary alicyclic amines) is 1. The van der Waals surface area contributed by atoms with Gasteiger partial charge >= 0.3 is 6.09 Å². The van der Waals surface area contributed by atoms with Gasteiger partial charge in [-0.2, -0.15) is 0 Å². The molecule has 1 atom stereocenters. The Morgan fingerprint density at radius 1 is 1.50 bits per heavy atom. The number of benzene rings is 1. The van der Waals surface area contributed by atoms with Gasteiger partial charge in [0.2, 0.25) is 0 Å². The second-order valence-electron chi connectivity index (χ2n) is 3.69. The van der Waals surface area contributed by atoms with E-state index in [9.17, 15) is 9.90 Å². The number of hydrogen-bond donors (Lipinski definition) is 1. The molecule has 1 aromatic carbocycles. The van der Waals surface area contributed by atoms with Crippen LogP contribution in [0, 0.1) is 0 Å². The number of aliphatic hydroxyl groups is 1. The Morgan fingerprint density at radius 3 is 2.88 bits per heavy atom. The lowest BCUT2D eigenvalue weighted by atomic mass is 10.3. The maximum absolute atomic E-state index is 11.7. The van der Waals surface area contributed by atoms with E-state index in [4.69, 9.17) is 4.74 Å². The Kier molecular flexibility index (Phi) is 3.46. The molecule has 2 rings (SSSR count). The molecular weight excluding hydrogens is 274 g/mol. The average molecular weight is 286 g/mol. The van der Waals surface area contributed by atoms with Gasteiger partial charge < -0.3 is 14.7 Å². The number of halogens is 1. The second-order valence-corrected chi connectivity index (χ2v) is 4.54. The zero-order valence-corrected chi connectivity index (χ0v) is 10.2. The fourth-order valence-corrected chi connectivity index (χ4v) is 1.96. The minimum atomic E-state index is -0.424. The van der Waals surface area contributed by atoms with Crippen LogP contribution in [0.15, 0.2) is 28.7 Å². The molecule has 0 saturated carbocycles. The van der Waals surface area contributed by atoms with Crippen LogP contribution in [0.25, 0.3) is 0 Å². The fourth-order valence-electron chi connectivity index (χ4n) is 1.59. The molecular formula is C11H12BrNO3. The predicted molar refractivity (Wildman–Crippen MR) is 62.4 cm³/mol. The molecule has 5 heteroatoms. The molecule has 1 heterocycles. The maximum Gasteiger partial charge on any atom is 0.415 e. The zero-order chi connectivity index (χ0) is 11.5. The van der Waals surface area contributed by atoms with Gasteiger partial charge in [0, 0.05) is 13.1 Å². The molecule has 1 aliphatic heterocycles. The minimum absolute atomic E-state index is 0.350. The Bertz CT molecular complexity index is 397. The summed E-state index contributed by atoms with van der Waals surface area (Å²) >= 11 is 3.30. The lowest BCUT2D eigenvalue weighted by molar-refractivity contribution is 0.145. The summed E-state index contributed by atoms with van der Waals surface area (Å²) in [6.07, 6.45) is -0.222. The largest absolute Gasteiger partial charge is 0.415 e. The standard InChI is InChI=1S/C11H12BrNO3/c12-9-3-1-2-4-10(9)16-11(15)13-6-5-8(14)7-13/h1-4,8,14H,5-7H2. The highest BCUT2D eigenvalue weighted by Gasteiger charge is 2.26. The maximum atomic E-state index is 11.7. The van der Waals surface area contributed by atoms with E-state index in [0.29, 0.717) is 25.3 Å². The average Bonchev–Trinajstić information content (AvgIpc) is 2.68. The second kappa shape index (κ2) is 4.84. The van der Waals surface area contributed by atoms with Crippen molar-refractivity contribution in [3.63, 3.8) is 0 Å². The number of carbonyl (C=O) groups excluding carboxylic acids is 1. The quantitative estimate of drug-likeness (QED) is 0.859. The third-order valence-corrected chi connectivity index (χ3v) is 3.11. The number of rotatable bonds is 1. The number of ether oxygens (including phenoxy) is 1. The Balaban J connectivity index is 2.00. The van der Waals surface area contributed by atoms with Crippen LogP contribution in [0.2, 0.25) is 0 Å². The lowest BCUT2D eigenvalue weighted by Gasteiger charge is -2.15. The van der Waals surface area contributed by atoms with Crippen molar-refractivity contribution in [2.75, 3.05) is 13.1 Å². The molecule has 0 radical (unpaired) electrons. The van der Waals surface area contributed by atoms with Gasteiger partial charge in [0.25, 0.3) is 0 Å². The number of para-hydroxylation sites is 1. The van der Waals surface area contributed by atoms with Crippen molar-refractivity contribution in [2.45, 2.75) is 12.5 Å². The Labute approximate surface area is 102 Å². The minimum Gasteiger partial charge on any atom is -0.409 e. The van der Waals surface area contributed by atoms with Crippen LogP contribution >= 0.6 is 15.9 Å². The number of nitrogens with zero attached hydrogens (tertiary/aromatic N) is 1. The molecule has 1 aromatic rings. The third-order valence-electron chi connectivity index (χ3n) is 2.46. The van der Waals surface area contributed by atoms with E-state index >= 15 is 0 Å². The number of hydrogen-bond acceptors (Lipinski definition) is 3. The highest BCUT2D eigenvalue weighted by atomic mass is 79.9. The van der Waals surface area contributed by atoms with Gasteiger partial charge in [-0.25, -0.2) is 4.79 Å². The zero-order valence-electron chi connectivity index (χ0n) is 8.60. The molecule has 0 bridgehead atoms. The van der Waals surface area contributed by atoms with Crippen LogP contribution in [-0.2, 0) is 0 Å². The van der Waals surface area contributed by atoms with Gasteiger partial charge in [-0.05, 0) is 34.5 Å². The predicted octanol–water partition coefficient (Wildman–Crippen LogP) is 2.01. The van der Waals surface area contributed by atoms with Gasteiger partial charge in [0.1, 0.15) is 5.75 Å². The molecule has 1 aliphatic rings. The topological polar surface area (TPSA) is 49.8 Å². The van der Waals surface area contributed by atoms with Crippen LogP contribution < -0.4 is 4.74 Å². The number of aliphatic hydroxyl groups excluding tert-OH is 1. The first kappa shape index (κ1) is 11.4. The smallest absolute Gasteiger partial charge is 0.409 e. The molecule has 4 nitrogen and oxygen atoms in total. The molecule has 16 heavy (non-hydrogen) atoms.